The molecule has 94 valence electrons. The predicted octanol–water partition coefficient (Wildman–Crippen LogP) is 1.18. The molecule has 0 aromatic carbocycles. The molecule has 0 spiro atoms. The Labute approximate surface area is 106 Å². The molecule has 0 fully saturated rings. The number of ether oxygens (including phenoxy) is 1. The summed E-state index contributed by atoms with van der Waals surface area (Å²) in [5.74, 6) is 0.462. The molecule has 1 aromatic rings. The maximum atomic E-state index is 11.8. The summed E-state index contributed by atoms with van der Waals surface area (Å²) in [4.78, 5) is 17.7. The highest BCUT2D eigenvalue weighted by Crippen LogP contribution is 2.16. The number of carbonyl (C=O) groups excluding carboxylic acids is 1. The molecule has 0 saturated heterocycles. The van der Waals surface area contributed by atoms with Crippen LogP contribution in [0.15, 0.2) is 12.1 Å². The summed E-state index contributed by atoms with van der Waals surface area (Å²) in [6.07, 6.45) is 0. The van der Waals surface area contributed by atoms with Crippen molar-refractivity contribution in [3.8, 4) is 0 Å². The van der Waals surface area contributed by atoms with Crippen molar-refractivity contribution in [2.24, 2.45) is 0 Å². The Morgan fingerprint density at radius 1 is 1.53 bits per heavy atom. The van der Waals surface area contributed by atoms with Gasteiger partial charge in [0, 0.05) is 33.3 Å². The molecule has 0 radical (unpaired) electrons. The summed E-state index contributed by atoms with van der Waals surface area (Å²) >= 11 is 5.86. The molecule has 0 aliphatic rings. The third kappa shape index (κ3) is 4.20. The van der Waals surface area contributed by atoms with E-state index in [4.69, 9.17) is 16.3 Å². The van der Waals surface area contributed by atoms with E-state index in [2.05, 4.69) is 10.3 Å². The maximum Gasteiger partial charge on any atom is 0.251 e. The van der Waals surface area contributed by atoms with Crippen molar-refractivity contribution < 1.29 is 9.53 Å². The van der Waals surface area contributed by atoms with Crippen LogP contribution in [-0.4, -0.2) is 45.2 Å². The lowest BCUT2D eigenvalue weighted by molar-refractivity contribution is 0.0937. The van der Waals surface area contributed by atoms with Crippen LogP contribution in [0, 0.1) is 0 Å². The van der Waals surface area contributed by atoms with E-state index >= 15 is 0 Å². The lowest BCUT2D eigenvalue weighted by Crippen LogP contribution is -2.27. The number of anilines is 1. The van der Waals surface area contributed by atoms with Crippen LogP contribution in [0.25, 0.3) is 0 Å². The standard InChI is InChI=1S/C11H16ClN3O2/c1-15(2)10-7-8(6-9(12)14-10)11(16)13-4-5-17-3/h6-7H,4-5H2,1-3H3,(H,13,16). The first kappa shape index (κ1) is 13.7. The number of hydrogen-bond donors (Lipinski definition) is 1. The van der Waals surface area contributed by atoms with Crippen molar-refractivity contribution in [3.05, 3.63) is 22.8 Å². The van der Waals surface area contributed by atoms with Crippen LogP contribution in [0.5, 0.6) is 0 Å². The van der Waals surface area contributed by atoms with Gasteiger partial charge >= 0.3 is 0 Å². The van der Waals surface area contributed by atoms with Crippen LogP contribution in [0.4, 0.5) is 5.82 Å². The van der Waals surface area contributed by atoms with Gasteiger partial charge in [-0.3, -0.25) is 4.79 Å². The quantitative estimate of drug-likeness (QED) is 0.636. The Bertz CT molecular complexity index is 396. The van der Waals surface area contributed by atoms with Crippen molar-refractivity contribution in [2.75, 3.05) is 39.3 Å². The van der Waals surface area contributed by atoms with Crippen LogP contribution >= 0.6 is 11.6 Å². The summed E-state index contributed by atoms with van der Waals surface area (Å²) in [6, 6.07) is 3.23. The topological polar surface area (TPSA) is 54.5 Å². The molecule has 0 saturated carbocycles. The normalized spacial score (nSPS) is 10.1. The first-order valence-electron chi connectivity index (χ1n) is 5.16. The molecular formula is C11H16ClN3O2. The molecule has 0 unspecified atom stereocenters. The number of nitrogens with zero attached hydrogens (tertiary/aromatic N) is 2. The van der Waals surface area contributed by atoms with E-state index in [-0.39, 0.29) is 5.91 Å². The largest absolute Gasteiger partial charge is 0.383 e. The van der Waals surface area contributed by atoms with E-state index in [0.29, 0.717) is 29.7 Å². The third-order valence-electron chi connectivity index (χ3n) is 2.09. The SMILES string of the molecule is COCCNC(=O)c1cc(Cl)nc(N(C)C)c1. The van der Waals surface area contributed by atoms with Crippen molar-refractivity contribution in [2.45, 2.75) is 0 Å². The molecule has 6 heteroatoms. The fraction of sp³-hybridized carbons (Fsp3) is 0.455. The van der Waals surface area contributed by atoms with E-state index in [1.807, 2.05) is 14.1 Å². The number of aromatic nitrogens is 1. The van der Waals surface area contributed by atoms with Crippen LogP contribution < -0.4 is 10.2 Å². The molecule has 1 N–H and O–H groups in total. The summed E-state index contributed by atoms with van der Waals surface area (Å²) in [6.45, 7) is 0.942. The van der Waals surface area contributed by atoms with Crippen LogP contribution in [-0.2, 0) is 4.74 Å². The smallest absolute Gasteiger partial charge is 0.251 e. The number of methoxy groups -OCH3 is 1. The Balaban J connectivity index is 2.79. The van der Waals surface area contributed by atoms with Gasteiger partial charge in [-0.25, -0.2) is 4.98 Å². The summed E-state index contributed by atoms with van der Waals surface area (Å²) in [5, 5.41) is 3.02. The zero-order valence-corrected chi connectivity index (χ0v) is 10.9. The lowest BCUT2D eigenvalue weighted by atomic mass is 10.2. The van der Waals surface area contributed by atoms with Gasteiger partial charge in [-0.1, -0.05) is 11.6 Å². The van der Waals surface area contributed by atoms with Crippen LogP contribution in [0.2, 0.25) is 5.15 Å². The Kier molecular flexibility index (Phi) is 5.18. The maximum absolute atomic E-state index is 11.8. The summed E-state index contributed by atoms with van der Waals surface area (Å²) < 4.78 is 4.85. The average molecular weight is 258 g/mol. The fourth-order valence-corrected chi connectivity index (χ4v) is 1.42. The van der Waals surface area contributed by atoms with Gasteiger partial charge in [0.1, 0.15) is 11.0 Å². The van der Waals surface area contributed by atoms with Gasteiger partial charge in [0.15, 0.2) is 0 Å². The third-order valence-corrected chi connectivity index (χ3v) is 2.29. The van der Waals surface area contributed by atoms with Crippen molar-refractivity contribution in [1.29, 1.82) is 0 Å². The van der Waals surface area contributed by atoms with Gasteiger partial charge < -0.3 is 15.0 Å². The molecule has 0 bridgehead atoms. The minimum Gasteiger partial charge on any atom is -0.383 e. The van der Waals surface area contributed by atoms with Crippen LogP contribution in [0.3, 0.4) is 0 Å². The van der Waals surface area contributed by atoms with Gasteiger partial charge in [-0.05, 0) is 12.1 Å². The van der Waals surface area contributed by atoms with Crippen molar-refractivity contribution in [1.82, 2.24) is 10.3 Å². The van der Waals surface area contributed by atoms with Crippen molar-refractivity contribution >= 4 is 23.3 Å². The number of amides is 1. The van der Waals surface area contributed by atoms with Gasteiger partial charge in [0.2, 0.25) is 0 Å². The first-order valence-corrected chi connectivity index (χ1v) is 5.54. The second-order valence-electron chi connectivity index (χ2n) is 3.68. The van der Waals surface area contributed by atoms with Crippen molar-refractivity contribution in [3.63, 3.8) is 0 Å². The molecule has 0 aliphatic carbocycles. The van der Waals surface area contributed by atoms with E-state index in [9.17, 15) is 4.79 Å². The molecule has 1 heterocycles. The highest BCUT2D eigenvalue weighted by molar-refractivity contribution is 6.29. The van der Waals surface area contributed by atoms with Gasteiger partial charge in [-0.2, -0.15) is 0 Å². The van der Waals surface area contributed by atoms with E-state index in [1.165, 1.54) is 6.07 Å². The van der Waals surface area contributed by atoms with Gasteiger partial charge in [0.25, 0.3) is 5.91 Å². The number of halogens is 1. The summed E-state index contributed by atoms with van der Waals surface area (Å²) in [5.41, 5.74) is 0.491. The molecule has 0 aliphatic heterocycles. The molecule has 0 atom stereocenters. The number of nitrogens with one attached hydrogen (secondary N) is 1. The highest BCUT2D eigenvalue weighted by atomic mass is 35.5. The van der Waals surface area contributed by atoms with E-state index in [0.717, 1.165) is 0 Å². The Morgan fingerprint density at radius 3 is 2.82 bits per heavy atom. The minimum absolute atomic E-state index is 0.186. The first-order chi connectivity index (χ1) is 8.04. The molecule has 1 aromatic heterocycles. The molecular weight excluding hydrogens is 242 g/mol. The van der Waals surface area contributed by atoms with Gasteiger partial charge in [0.05, 0.1) is 6.61 Å². The molecule has 1 amide bonds. The highest BCUT2D eigenvalue weighted by Gasteiger charge is 2.09. The van der Waals surface area contributed by atoms with Gasteiger partial charge in [-0.15, -0.1) is 0 Å². The Hall–Kier alpha value is -1.33. The lowest BCUT2D eigenvalue weighted by Gasteiger charge is -2.13. The molecule has 5 nitrogen and oxygen atoms in total. The van der Waals surface area contributed by atoms with E-state index < -0.39 is 0 Å². The zero-order chi connectivity index (χ0) is 12.8. The van der Waals surface area contributed by atoms with E-state index in [1.54, 1.807) is 18.1 Å². The number of rotatable bonds is 5. The van der Waals surface area contributed by atoms with Crippen LogP contribution in [0.1, 0.15) is 10.4 Å². The number of hydrogen-bond acceptors (Lipinski definition) is 4. The zero-order valence-electron chi connectivity index (χ0n) is 10.2. The second kappa shape index (κ2) is 6.42. The fourth-order valence-electron chi connectivity index (χ4n) is 1.21. The summed E-state index contributed by atoms with van der Waals surface area (Å²) in [7, 11) is 5.26. The molecule has 1 rings (SSSR count). The number of carbonyl (C=O) groups is 1. The molecule has 17 heavy (non-hydrogen) atoms. The minimum atomic E-state index is -0.186. The predicted molar refractivity (Wildman–Crippen MR) is 67.8 cm³/mol. The monoisotopic (exact) mass is 257 g/mol. The Morgan fingerprint density at radius 2 is 2.24 bits per heavy atom. The second-order valence-corrected chi connectivity index (χ2v) is 4.07. The average Bonchev–Trinajstić information content (AvgIpc) is 2.28. The number of pyridine rings is 1.